The monoisotopic (exact) mass is 464 g/mol. The highest BCUT2D eigenvalue weighted by molar-refractivity contribution is 9.10. The number of esters is 1. The number of benzene rings is 1. The lowest BCUT2D eigenvalue weighted by Crippen LogP contribution is -2.13. The Kier molecular flexibility index (Phi) is 6.12. The molecule has 3 rings (SSSR count). The normalized spacial score (nSPS) is 10.8. The van der Waals surface area contributed by atoms with Gasteiger partial charge in [-0.1, -0.05) is 0 Å². The highest BCUT2D eigenvalue weighted by Gasteiger charge is 2.24. The van der Waals surface area contributed by atoms with E-state index in [1.165, 1.54) is 20.5 Å². The number of hydrogen-bond donors (Lipinski definition) is 1. The Morgan fingerprint density at radius 3 is 2.52 bits per heavy atom. The second-order valence-electron chi connectivity index (χ2n) is 5.97. The molecule has 0 atom stereocenters. The Hall–Kier alpha value is -3.01. The molecule has 2 N–H and O–H groups in total. The summed E-state index contributed by atoms with van der Waals surface area (Å²) in [5.74, 6) is 1.23. The van der Waals surface area contributed by atoms with Crippen molar-refractivity contribution in [3.8, 4) is 17.2 Å². The van der Waals surface area contributed by atoms with E-state index in [9.17, 15) is 4.79 Å². The Bertz CT molecular complexity index is 1070. The summed E-state index contributed by atoms with van der Waals surface area (Å²) in [6.07, 6.45) is 3.05. The molecular weight excluding hydrogens is 444 g/mol. The third kappa shape index (κ3) is 3.67. The van der Waals surface area contributed by atoms with Gasteiger partial charge in [-0.3, -0.25) is 0 Å². The van der Waals surface area contributed by atoms with Crippen LogP contribution < -0.4 is 19.9 Å². The van der Waals surface area contributed by atoms with Crippen molar-refractivity contribution in [2.24, 2.45) is 0 Å². The van der Waals surface area contributed by atoms with E-state index in [0.717, 1.165) is 5.56 Å². The molecular formula is C19H21BrN4O5. The van der Waals surface area contributed by atoms with E-state index >= 15 is 0 Å². The standard InChI is InChI=1S/C19H21BrN4O5/c1-5-29-19(25)15-14-11(18(21)23-9-22-14)8-24(15)7-10-6-12(26-2)16(27-3)17(28-4)13(10)20/h6,8-9H,5,7H2,1-4H3,(H2,21,22,23). The largest absolute Gasteiger partial charge is 0.493 e. The van der Waals surface area contributed by atoms with Crippen molar-refractivity contribution in [1.29, 1.82) is 0 Å². The number of nitrogen functional groups attached to an aromatic ring is 1. The lowest BCUT2D eigenvalue weighted by molar-refractivity contribution is 0.0516. The van der Waals surface area contributed by atoms with E-state index in [4.69, 9.17) is 24.7 Å². The molecule has 0 aliphatic rings. The molecule has 0 amide bonds. The number of nitrogens with two attached hydrogens (primary N) is 1. The molecule has 3 aromatic rings. The fraction of sp³-hybridized carbons (Fsp3) is 0.316. The number of aromatic nitrogens is 3. The smallest absolute Gasteiger partial charge is 0.357 e. The summed E-state index contributed by atoms with van der Waals surface area (Å²) in [5, 5.41) is 0.569. The fourth-order valence-electron chi connectivity index (χ4n) is 3.09. The summed E-state index contributed by atoms with van der Waals surface area (Å²) in [6.45, 7) is 2.27. The molecule has 2 heterocycles. The lowest BCUT2D eigenvalue weighted by Gasteiger charge is -2.17. The van der Waals surface area contributed by atoms with E-state index in [-0.39, 0.29) is 18.1 Å². The highest BCUT2D eigenvalue weighted by Crippen LogP contribution is 2.45. The second-order valence-corrected chi connectivity index (χ2v) is 6.76. The van der Waals surface area contributed by atoms with E-state index < -0.39 is 5.97 Å². The van der Waals surface area contributed by atoms with Crippen LogP contribution in [0.3, 0.4) is 0 Å². The van der Waals surface area contributed by atoms with Gasteiger partial charge < -0.3 is 29.2 Å². The highest BCUT2D eigenvalue weighted by atomic mass is 79.9. The van der Waals surface area contributed by atoms with Crippen molar-refractivity contribution in [2.45, 2.75) is 13.5 Å². The van der Waals surface area contributed by atoms with E-state index in [2.05, 4.69) is 25.9 Å². The maximum Gasteiger partial charge on any atom is 0.357 e. The first-order valence-corrected chi connectivity index (χ1v) is 9.49. The molecule has 0 spiro atoms. The third-order valence-electron chi connectivity index (χ3n) is 4.37. The fourth-order valence-corrected chi connectivity index (χ4v) is 3.67. The number of nitrogens with zero attached hydrogens (tertiary/aromatic N) is 3. The van der Waals surface area contributed by atoms with Crippen molar-refractivity contribution < 1.29 is 23.7 Å². The molecule has 154 valence electrons. The van der Waals surface area contributed by atoms with Crippen LogP contribution in [0.25, 0.3) is 10.9 Å². The van der Waals surface area contributed by atoms with E-state index in [0.29, 0.717) is 39.2 Å². The number of anilines is 1. The van der Waals surface area contributed by atoms with E-state index in [1.54, 1.807) is 30.9 Å². The number of fused-ring (bicyclic) bond motifs is 1. The number of methoxy groups -OCH3 is 3. The molecule has 0 radical (unpaired) electrons. The van der Waals surface area contributed by atoms with Gasteiger partial charge in [0.05, 0.1) is 37.8 Å². The molecule has 0 saturated heterocycles. The predicted octanol–water partition coefficient (Wildman–Crippen LogP) is 3.03. The molecule has 9 nitrogen and oxygen atoms in total. The maximum atomic E-state index is 12.6. The van der Waals surface area contributed by atoms with Gasteiger partial charge >= 0.3 is 5.97 Å². The first-order chi connectivity index (χ1) is 14.0. The molecule has 0 unspecified atom stereocenters. The van der Waals surface area contributed by atoms with Crippen LogP contribution in [-0.2, 0) is 11.3 Å². The topological polar surface area (TPSA) is 111 Å². The van der Waals surface area contributed by atoms with Gasteiger partial charge in [0, 0.05) is 12.7 Å². The minimum absolute atomic E-state index is 0.236. The Balaban J connectivity index is 2.19. The minimum Gasteiger partial charge on any atom is -0.493 e. The van der Waals surface area contributed by atoms with Gasteiger partial charge in [0.25, 0.3) is 0 Å². The van der Waals surface area contributed by atoms with Gasteiger partial charge in [-0.05, 0) is 34.5 Å². The number of ether oxygens (including phenoxy) is 4. The summed E-state index contributed by atoms with van der Waals surface area (Å²) in [5.41, 5.74) is 7.49. The van der Waals surface area contributed by atoms with Crippen LogP contribution in [0.15, 0.2) is 23.1 Å². The van der Waals surface area contributed by atoms with Gasteiger partial charge in [-0.2, -0.15) is 0 Å². The molecule has 0 bridgehead atoms. The number of hydrogen-bond acceptors (Lipinski definition) is 8. The van der Waals surface area contributed by atoms with Crippen LogP contribution in [0.1, 0.15) is 23.0 Å². The summed E-state index contributed by atoms with van der Waals surface area (Å²) < 4.78 is 23.9. The molecule has 29 heavy (non-hydrogen) atoms. The molecule has 0 fully saturated rings. The van der Waals surface area contributed by atoms with Crippen LogP contribution >= 0.6 is 15.9 Å². The lowest BCUT2D eigenvalue weighted by atomic mass is 10.1. The summed E-state index contributed by atoms with van der Waals surface area (Å²) in [7, 11) is 4.61. The average Bonchev–Trinajstić information content (AvgIpc) is 3.08. The van der Waals surface area contributed by atoms with Gasteiger partial charge in [-0.25, -0.2) is 14.8 Å². The van der Waals surface area contributed by atoms with Gasteiger partial charge in [0.15, 0.2) is 17.2 Å². The summed E-state index contributed by atoms with van der Waals surface area (Å²) in [6, 6.07) is 1.81. The van der Waals surface area contributed by atoms with E-state index in [1.807, 2.05) is 0 Å². The Morgan fingerprint density at radius 2 is 1.90 bits per heavy atom. The Labute approximate surface area is 175 Å². The molecule has 0 saturated carbocycles. The van der Waals surface area contributed by atoms with Crippen molar-refractivity contribution >= 4 is 38.6 Å². The van der Waals surface area contributed by atoms with Crippen molar-refractivity contribution in [1.82, 2.24) is 14.5 Å². The zero-order chi connectivity index (χ0) is 21.1. The number of halogens is 1. The molecule has 2 aromatic heterocycles. The molecule has 0 aliphatic heterocycles. The number of rotatable bonds is 7. The average molecular weight is 465 g/mol. The minimum atomic E-state index is -0.496. The van der Waals surface area contributed by atoms with Crippen molar-refractivity contribution in [3.63, 3.8) is 0 Å². The van der Waals surface area contributed by atoms with Crippen LogP contribution in [-0.4, -0.2) is 48.4 Å². The first-order valence-electron chi connectivity index (χ1n) is 8.70. The van der Waals surface area contributed by atoms with Gasteiger partial charge in [-0.15, -0.1) is 0 Å². The number of carbonyl (C=O) groups is 1. The van der Waals surface area contributed by atoms with Crippen LogP contribution in [0.5, 0.6) is 17.2 Å². The molecule has 10 heteroatoms. The van der Waals surface area contributed by atoms with Crippen LogP contribution in [0, 0.1) is 0 Å². The molecule has 1 aromatic carbocycles. The van der Waals surface area contributed by atoms with Crippen LogP contribution in [0.4, 0.5) is 5.82 Å². The predicted molar refractivity (Wildman–Crippen MR) is 111 cm³/mol. The van der Waals surface area contributed by atoms with Crippen molar-refractivity contribution in [2.75, 3.05) is 33.7 Å². The summed E-state index contributed by atoms with van der Waals surface area (Å²) >= 11 is 3.56. The SMILES string of the molecule is CCOC(=O)c1c2ncnc(N)c2cn1Cc1cc(OC)c(OC)c(OC)c1Br. The quantitative estimate of drug-likeness (QED) is 0.531. The second kappa shape index (κ2) is 8.56. The van der Waals surface area contributed by atoms with Crippen molar-refractivity contribution in [3.05, 3.63) is 34.3 Å². The maximum absolute atomic E-state index is 12.6. The first kappa shape index (κ1) is 20.7. The Morgan fingerprint density at radius 1 is 1.17 bits per heavy atom. The van der Waals surface area contributed by atoms with Crippen LogP contribution in [0.2, 0.25) is 0 Å². The van der Waals surface area contributed by atoms with Gasteiger partial charge in [0.1, 0.15) is 17.7 Å². The molecule has 0 aliphatic carbocycles. The van der Waals surface area contributed by atoms with Gasteiger partial charge in [0.2, 0.25) is 5.75 Å². The number of carbonyl (C=O) groups excluding carboxylic acids is 1. The summed E-state index contributed by atoms with van der Waals surface area (Å²) in [4.78, 5) is 20.9. The third-order valence-corrected chi connectivity index (χ3v) is 5.23. The zero-order valence-corrected chi connectivity index (χ0v) is 18.1. The zero-order valence-electron chi connectivity index (χ0n) is 16.5.